The van der Waals surface area contributed by atoms with Gasteiger partial charge in [0, 0.05) is 19.3 Å². The quantitative estimate of drug-likeness (QED) is 0.923. The van der Waals surface area contributed by atoms with E-state index in [-0.39, 0.29) is 11.1 Å². The minimum Gasteiger partial charge on any atom is -0.356 e. The Morgan fingerprint density at radius 1 is 1.50 bits per heavy atom. The molecule has 0 aliphatic heterocycles. The molecule has 0 saturated heterocycles. The summed E-state index contributed by atoms with van der Waals surface area (Å²) in [6.07, 6.45) is -2.95. The summed E-state index contributed by atoms with van der Waals surface area (Å²) in [4.78, 5) is 5.50. The number of hydrogen-bond donors (Lipinski definition) is 1. The van der Waals surface area contributed by atoms with Crippen LogP contribution in [0.15, 0.2) is 12.3 Å². The molecule has 1 aromatic heterocycles. The number of nitrogens with two attached hydrogens (primary N) is 1. The lowest BCUT2D eigenvalue weighted by Crippen LogP contribution is -2.31. The van der Waals surface area contributed by atoms with E-state index < -0.39 is 11.7 Å². The number of halogens is 4. The van der Waals surface area contributed by atoms with E-state index in [9.17, 15) is 13.2 Å². The number of pyridine rings is 1. The van der Waals surface area contributed by atoms with Crippen molar-refractivity contribution in [3.63, 3.8) is 0 Å². The Morgan fingerprint density at radius 3 is 2.56 bits per heavy atom. The molecule has 0 fully saturated rings. The van der Waals surface area contributed by atoms with Gasteiger partial charge in [0.05, 0.1) is 10.6 Å². The van der Waals surface area contributed by atoms with E-state index in [2.05, 4.69) is 4.98 Å². The van der Waals surface area contributed by atoms with E-state index in [0.717, 1.165) is 12.3 Å². The van der Waals surface area contributed by atoms with Crippen LogP contribution in [0.1, 0.15) is 18.9 Å². The van der Waals surface area contributed by atoms with Crippen molar-refractivity contribution in [2.45, 2.75) is 25.6 Å². The summed E-state index contributed by atoms with van der Waals surface area (Å²) in [5.41, 5.74) is 4.58. The predicted octanol–water partition coefficient (Wildman–Crippen LogP) is 2.93. The number of anilines is 1. The molecule has 0 amide bonds. The third-order valence-corrected chi connectivity index (χ3v) is 3.01. The third kappa shape index (κ3) is 3.49. The number of hydrogen-bond acceptors (Lipinski definition) is 3. The van der Waals surface area contributed by atoms with Gasteiger partial charge in [-0.2, -0.15) is 13.2 Å². The van der Waals surface area contributed by atoms with E-state index in [0.29, 0.717) is 18.8 Å². The predicted molar refractivity (Wildman–Crippen MR) is 65.8 cm³/mol. The molecule has 0 bridgehead atoms. The van der Waals surface area contributed by atoms with Crippen molar-refractivity contribution in [1.29, 1.82) is 0 Å². The van der Waals surface area contributed by atoms with Crippen LogP contribution in [0.25, 0.3) is 0 Å². The summed E-state index contributed by atoms with van der Waals surface area (Å²) in [6.45, 7) is 2.40. The molecule has 0 saturated carbocycles. The molecule has 0 spiro atoms. The molecule has 1 unspecified atom stereocenters. The normalized spacial score (nSPS) is 13.5. The Balaban J connectivity index is 2.99. The van der Waals surface area contributed by atoms with Crippen molar-refractivity contribution >= 4 is 17.4 Å². The Hall–Kier alpha value is -1.01. The maximum Gasteiger partial charge on any atom is 0.417 e. The second-order valence-electron chi connectivity index (χ2n) is 4.06. The molecule has 1 rings (SSSR count). The number of aromatic nitrogens is 1. The zero-order chi connectivity index (χ0) is 13.9. The minimum atomic E-state index is -4.43. The lowest BCUT2D eigenvalue weighted by atomic mass is 10.2. The molecule has 0 radical (unpaired) electrons. The summed E-state index contributed by atoms with van der Waals surface area (Å²) >= 11 is 5.84. The SMILES string of the molecule is CC(CCN)N(C)c1ncc(C(F)(F)F)cc1Cl. The van der Waals surface area contributed by atoms with Crippen LogP contribution in [-0.2, 0) is 6.18 Å². The maximum absolute atomic E-state index is 12.5. The van der Waals surface area contributed by atoms with Crippen molar-refractivity contribution in [3.8, 4) is 0 Å². The lowest BCUT2D eigenvalue weighted by molar-refractivity contribution is -0.137. The fourth-order valence-electron chi connectivity index (χ4n) is 1.49. The highest BCUT2D eigenvalue weighted by molar-refractivity contribution is 6.33. The van der Waals surface area contributed by atoms with Crippen LogP contribution < -0.4 is 10.6 Å². The van der Waals surface area contributed by atoms with Crippen molar-refractivity contribution in [2.75, 3.05) is 18.5 Å². The van der Waals surface area contributed by atoms with Gasteiger partial charge in [0.25, 0.3) is 0 Å². The lowest BCUT2D eigenvalue weighted by Gasteiger charge is -2.26. The largest absolute Gasteiger partial charge is 0.417 e. The maximum atomic E-state index is 12.5. The van der Waals surface area contributed by atoms with Gasteiger partial charge in [-0.3, -0.25) is 0 Å². The van der Waals surface area contributed by atoms with Gasteiger partial charge in [-0.05, 0) is 26.0 Å². The molecule has 0 aromatic carbocycles. The minimum absolute atomic E-state index is 0.0174. The standard InChI is InChI=1S/C11H15ClF3N3/c1-7(3-4-16)18(2)10-9(12)5-8(6-17-10)11(13,14)15/h5-7H,3-4,16H2,1-2H3. The fraction of sp³-hybridized carbons (Fsp3) is 0.545. The van der Waals surface area contributed by atoms with Crippen molar-refractivity contribution in [2.24, 2.45) is 5.73 Å². The van der Waals surface area contributed by atoms with Gasteiger partial charge in [0.15, 0.2) is 0 Å². The monoisotopic (exact) mass is 281 g/mol. The molecular formula is C11H15ClF3N3. The molecule has 0 aliphatic rings. The topological polar surface area (TPSA) is 42.1 Å². The third-order valence-electron chi connectivity index (χ3n) is 2.73. The van der Waals surface area contributed by atoms with Crippen LogP contribution in [0.5, 0.6) is 0 Å². The van der Waals surface area contributed by atoms with Gasteiger partial charge in [0.2, 0.25) is 0 Å². The molecule has 7 heteroatoms. The summed E-state index contributed by atoms with van der Waals surface area (Å²) < 4.78 is 37.4. The Kier molecular flexibility index (Phi) is 4.81. The van der Waals surface area contributed by atoms with Crippen LogP contribution in [-0.4, -0.2) is 24.6 Å². The van der Waals surface area contributed by atoms with Crippen LogP contribution >= 0.6 is 11.6 Å². The zero-order valence-corrected chi connectivity index (χ0v) is 10.9. The molecule has 0 aliphatic carbocycles. The molecule has 1 heterocycles. The van der Waals surface area contributed by atoms with Crippen molar-refractivity contribution in [3.05, 3.63) is 22.8 Å². The number of alkyl halides is 3. The first-order valence-corrected chi connectivity index (χ1v) is 5.80. The van der Waals surface area contributed by atoms with Crippen LogP contribution in [0, 0.1) is 0 Å². The smallest absolute Gasteiger partial charge is 0.356 e. The number of nitrogens with zero attached hydrogens (tertiary/aromatic N) is 2. The first kappa shape index (κ1) is 15.0. The number of rotatable bonds is 4. The highest BCUT2D eigenvalue weighted by atomic mass is 35.5. The zero-order valence-electron chi connectivity index (χ0n) is 10.1. The van der Waals surface area contributed by atoms with E-state index in [1.54, 1.807) is 11.9 Å². The van der Waals surface area contributed by atoms with Gasteiger partial charge in [0.1, 0.15) is 5.82 Å². The average molecular weight is 282 g/mol. The van der Waals surface area contributed by atoms with Gasteiger partial charge in [-0.1, -0.05) is 11.6 Å². The highest BCUT2D eigenvalue weighted by Gasteiger charge is 2.32. The van der Waals surface area contributed by atoms with E-state index >= 15 is 0 Å². The second-order valence-corrected chi connectivity index (χ2v) is 4.47. The van der Waals surface area contributed by atoms with E-state index in [4.69, 9.17) is 17.3 Å². The molecular weight excluding hydrogens is 267 g/mol. The van der Waals surface area contributed by atoms with Crippen LogP contribution in [0.2, 0.25) is 5.02 Å². The van der Waals surface area contributed by atoms with Crippen molar-refractivity contribution < 1.29 is 13.2 Å². The van der Waals surface area contributed by atoms with Gasteiger partial charge < -0.3 is 10.6 Å². The Morgan fingerprint density at radius 2 is 2.11 bits per heavy atom. The highest BCUT2D eigenvalue weighted by Crippen LogP contribution is 2.33. The van der Waals surface area contributed by atoms with E-state index in [1.807, 2.05) is 6.92 Å². The summed E-state index contributed by atoms with van der Waals surface area (Å²) in [5, 5.41) is -0.0174. The molecule has 3 nitrogen and oxygen atoms in total. The molecule has 18 heavy (non-hydrogen) atoms. The summed E-state index contributed by atoms with van der Waals surface area (Å²) in [6, 6.07) is 0.937. The van der Waals surface area contributed by atoms with Crippen molar-refractivity contribution in [1.82, 2.24) is 4.98 Å². The fourth-order valence-corrected chi connectivity index (χ4v) is 1.79. The Labute approximate surface area is 109 Å². The average Bonchev–Trinajstić information content (AvgIpc) is 2.27. The molecule has 102 valence electrons. The van der Waals surface area contributed by atoms with Gasteiger partial charge in [-0.25, -0.2) is 4.98 Å². The summed E-state index contributed by atoms with van der Waals surface area (Å²) in [7, 11) is 1.72. The molecule has 2 N–H and O–H groups in total. The Bertz CT molecular complexity index is 409. The first-order chi connectivity index (χ1) is 8.27. The molecule has 1 atom stereocenters. The molecule has 1 aromatic rings. The van der Waals surface area contributed by atoms with Crippen LogP contribution in [0.3, 0.4) is 0 Å². The second kappa shape index (κ2) is 5.75. The van der Waals surface area contributed by atoms with Crippen LogP contribution in [0.4, 0.5) is 19.0 Å². The van der Waals surface area contributed by atoms with Gasteiger partial charge >= 0.3 is 6.18 Å². The van der Waals surface area contributed by atoms with Gasteiger partial charge in [-0.15, -0.1) is 0 Å². The first-order valence-electron chi connectivity index (χ1n) is 5.43. The van der Waals surface area contributed by atoms with E-state index in [1.165, 1.54) is 0 Å². The summed E-state index contributed by atoms with van der Waals surface area (Å²) in [5.74, 6) is 0.325.